The molecule has 1 aliphatic carbocycles. The fraction of sp³-hybridized carbons (Fsp3) is 0.526. The first-order valence-corrected chi connectivity index (χ1v) is 8.97. The summed E-state index contributed by atoms with van der Waals surface area (Å²) in [5, 5.41) is 9.93. The third-order valence-electron chi connectivity index (χ3n) is 5.21. The van der Waals surface area contributed by atoms with Crippen molar-refractivity contribution in [1.82, 2.24) is 14.9 Å². The summed E-state index contributed by atoms with van der Waals surface area (Å²) in [6, 6.07) is 8.24. The number of rotatable bonds is 3. The second kappa shape index (κ2) is 7.34. The van der Waals surface area contributed by atoms with Gasteiger partial charge in [0, 0.05) is 19.1 Å². The van der Waals surface area contributed by atoms with E-state index in [0.717, 1.165) is 62.9 Å². The van der Waals surface area contributed by atoms with E-state index in [-0.39, 0.29) is 6.10 Å². The third kappa shape index (κ3) is 3.58. The standard InChI is InChI=1S/C19H22N4O2/c20-12-14-1-6-18-17(11-14)19(22-13-21-18)25-16-4-2-15(3-5-16)23-7-9-24-10-8-23/h1,6,11,13,15-16H,2-5,7-10H2/t15-,16-. The van der Waals surface area contributed by atoms with Crippen molar-refractivity contribution in [3.05, 3.63) is 30.1 Å². The lowest BCUT2D eigenvalue weighted by Gasteiger charge is -2.38. The fourth-order valence-electron chi connectivity index (χ4n) is 3.83. The quantitative estimate of drug-likeness (QED) is 0.856. The highest BCUT2D eigenvalue weighted by atomic mass is 16.5. The van der Waals surface area contributed by atoms with E-state index in [2.05, 4.69) is 20.9 Å². The van der Waals surface area contributed by atoms with Gasteiger partial charge in [0.05, 0.1) is 35.7 Å². The number of nitriles is 1. The largest absolute Gasteiger partial charge is 0.474 e. The molecular weight excluding hydrogens is 316 g/mol. The van der Waals surface area contributed by atoms with Gasteiger partial charge in [-0.1, -0.05) is 0 Å². The molecule has 0 unspecified atom stereocenters. The molecule has 2 aromatic rings. The van der Waals surface area contributed by atoms with Crippen molar-refractivity contribution >= 4 is 10.9 Å². The Morgan fingerprint density at radius 3 is 2.68 bits per heavy atom. The molecule has 1 saturated heterocycles. The molecule has 0 amide bonds. The van der Waals surface area contributed by atoms with Gasteiger partial charge in [0.25, 0.3) is 0 Å². The van der Waals surface area contributed by atoms with Gasteiger partial charge in [-0.2, -0.15) is 5.26 Å². The van der Waals surface area contributed by atoms with E-state index in [9.17, 15) is 0 Å². The lowest BCUT2D eigenvalue weighted by molar-refractivity contribution is -0.00126. The first kappa shape index (κ1) is 16.2. The molecule has 130 valence electrons. The zero-order chi connectivity index (χ0) is 17.1. The predicted octanol–water partition coefficient (Wildman–Crippen LogP) is 2.52. The van der Waals surface area contributed by atoms with Crippen molar-refractivity contribution in [3.8, 4) is 11.9 Å². The monoisotopic (exact) mass is 338 g/mol. The van der Waals surface area contributed by atoms with Gasteiger partial charge < -0.3 is 9.47 Å². The first-order valence-electron chi connectivity index (χ1n) is 8.97. The minimum Gasteiger partial charge on any atom is -0.474 e. The van der Waals surface area contributed by atoms with E-state index >= 15 is 0 Å². The predicted molar refractivity (Wildman–Crippen MR) is 93.3 cm³/mol. The number of benzene rings is 1. The minimum atomic E-state index is 0.182. The Kier molecular flexibility index (Phi) is 4.77. The molecule has 2 aliphatic rings. The molecule has 2 fully saturated rings. The van der Waals surface area contributed by atoms with Gasteiger partial charge in [0.2, 0.25) is 5.88 Å². The summed E-state index contributed by atoms with van der Waals surface area (Å²) in [7, 11) is 0. The van der Waals surface area contributed by atoms with Crippen molar-refractivity contribution in [2.45, 2.75) is 37.8 Å². The summed E-state index contributed by atoms with van der Waals surface area (Å²) in [5.74, 6) is 0.594. The average Bonchev–Trinajstić information content (AvgIpc) is 2.69. The number of morpholine rings is 1. The van der Waals surface area contributed by atoms with Crippen LogP contribution in [0.2, 0.25) is 0 Å². The summed E-state index contributed by atoms with van der Waals surface area (Å²) < 4.78 is 11.6. The maximum Gasteiger partial charge on any atom is 0.224 e. The zero-order valence-corrected chi connectivity index (χ0v) is 14.2. The van der Waals surface area contributed by atoms with Crippen molar-refractivity contribution < 1.29 is 9.47 Å². The van der Waals surface area contributed by atoms with Crippen LogP contribution in [0.25, 0.3) is 10.9 Å². The van der Waals surface area contributed by atoms with Crippen molar-refractivity contribution in [3.63, 3.8) is 0 Å². The molecule has 1 saturated carbocycles. The van der Waals surface area contributed by atoms with Crippen LogP contribution < -0.4 is 4.74 Å². The number of hydrogen-bond donors (Lipinski definition) is 0. The van der Waals surface area contributed by atoms with Gasteiger partial charge in [-0.05, 0) is 43.9 Å². The normalized spacial score (nSPS) is 24.8. The first-order chi connectivity index (χ1) is 12.3. The topological polar surface area (TPSA) is 71.3 Å². The Hall–Kier alpha value is -2.23. The third-order valence-corrected chi connectivity index (χ3v) is 5.21. The summed E-state index contributed by atoms with van der Waals surface area (Å²) in [5.41, 5.74) is 1.41. The van der Waals surface area contributed by atoms with Gasteiger partial charge >= 0.3 is 0 Å². The maximum absolute atomic E-state index is 9.12. The van der Waals surface area contributed by atoms with Gasteiger partial charge in [-0.3, -0.25) is 4.90 Å². The molecule has 1 aliphatic heterocycles. The molecule has 0 bridgehead atoms. The molecule has 0 spiro atoms. The minimum absolute atomic E-state index is 0.182. The van der Waals surface area contributed by atoms with Crippen LogP contribution in [-0.2, 0) is 4.74 Å². The molecular formula is C19H22N4O2. The SMILES string of the molecule is N#Cc1ccc2ncnc(O[C@H]3CC[C@H](N4CCOCC4)CC3)c2c1. The van der Waals surface area contributed by atoms with Gasteiger partial charge in [0.1, 0.15) is 12.4 Å². The number of fused-ring (bicyclic) bond motifs is 1. The van der Waals surface area contributed by atoms with Crippen LogP contribution >= 0.6 is 0 Å². The van der Waals surface area contributed by atoms with Crippen LogP contribution in [-0.4, -0.2) is 53.3 Å². The Balaban J connectivity index is 1.43. The molecule has 25 heavy (non-hydrogen) atoms. The zero-order valence-electron chi connectivity index (χ0n) is 14.2. The second-order valence-corrected chi connectivity index (χ2v) is 6.72. The van der Waals surface area contributed by atoms with Crippen LogP contribution in [0, 0.1) is 11.3 Å². The summed E-state index contributed by atoms with van der Waals surface area (Å²) >= 11 is 0. The van der Waals surface area contributed by atoms with Gasteiger partial charge in [0.15, 0.2) is 0 Å². The Bertz CT molecular complexity index is 775. The van der Waals surface area contributed by atoms with Crippen molar-refractivity contribution in [1.29, 1.82) is 5.26 Å². The fourth-order valence-corrected chi connectivity index (χ4v) is 3.83. The van der Waals surface area contributed by atoms with E-state index in [1.54, 1.807) is 6.07 Å². The van der Waals surface area contributed by atoms with Gasteiger partial charge in [-0.25, -0.2) is 9.97 Å². The van der Waals surface area contributed by atoms with Gasteiger partial charge in [-0.15, -0.1) is 0 Å². The molecule has 1 aromatic carbocycles. The van der Waals surface area contributed by atoms with E-state index in [1.165, 1.54) is 6.33 Å². The van der Waals surface area contributed by atoms with Crippen molar-refractivity contribution in [2.24, 2.45) is 0 Å². The molecule has 0 radical (unpaired) electrons. The maximum atomic E-state index is 9.12. The molecule has 6 heteroatoms. The lowest BCUT2D eigenvalue weighted by atomic mass is 9.91. The summed E-state index contributed by atoms with van der Waals surface area (Å²) in [6.45, 7) is 3.79. The van der Waals surface area contributed by atoms with Crippen LogP contribution in [0.3, 0.4) is 0 Å². The van der Waals surface area contributed by atoms with E-state index in [4.69, 9.17) is 14.7 Å². The van der Waals surface area contributed by atoms with Crippen LogP contribution in [0.15, 0.2) is 24.5 Å². The summed E-state index contributed by atoms with van der Waals surface area (Å²) in [4.78, 5) is 11.1. The Labute approximate surface area is 147 Å². The molecule has 4 rings (SSSR count). The van der Waals surface area contributed by atoms with E-state index in [1.807, 2.05) is 12.1 Å². The summed E-state index contributed by atoms with van der Waals surface area (Å²) in [6.07, 6.45) is 6.08. The second-order valence-electron chi connectivity index (χ2n) is 6.72. The van der Waals surface area contributed by atoms with Crippen LogP contribution in [0.1, 0.15) is 31.2 Å². The average molecular weight is 338 g/mol. The molecule has 2 heterocycles. The molecule has 1 aromatic heterocycles. The molecule has 0 N–H and O–H groups in total. The lowest BCUT2D eigenvalue weighted by Crippen LogP contribution is -2.46. The number of aromatic nitrogens is 2. The number of ether oxygens (including phenoxy) is 2. The highest BCUT2D eigenvalue weighted by molar-refractivity contribution is 5.84. The number of hydrogen-bond acceptors (Lipinski definition) is 6. The van der Waals surface area contributed by atoms with E-state index in [0.29, 0.717) is 17.5 Å². The highest BCUT2D eigenvalue weighted by Crippen LogP contribution is 2.29. The highest BCUT2D eigenvalue weighted by Gasteiger charge is 2.28. The van der Waals surface area contributed by atoms with Crippen LogP contribution in [0.4, 0.5) is 0 Å². The van der Waals surface area contributed by atoms with E-state index < -0.39 is 0 Å². The Morgan fingerprint density at radius 2 is 1.92 bits per heavy atom. The Morgan fingerprint density at radius 1 is 1.12 bits per heavy atom. The molecule has 0 atom stereocenters. The van der Waals surface area contributed by atoms with Crippen LogP contribution in [0.5, 0.6) is 5.88 Å². The van der Waals surface area contributed by atoms with Crippen molar-refractivity contribution in [2.75, 3.05) is 26.3 Å². The number of nitrogens with zero attached hydrogens (tertiary/aromatic N) is 4. The molecule has 6 nitrogen and oxygen atoms in total. The smallest absolute Gasteiger partial charge is 0.224 e.